The smallest absolute Gasteiger partial charge is 0.129 e. The number of hydrogen-bond acceptors (Lipinski definition) is 3. The molecule has 1 saturated heterocycles. The van der Waals surface area contributed by atoms with Crippen LogP contribution < -0.4 is 5.73 Å². The highest BCUT2D eigenvalue weighted by Crippen LogP contribution is 2.12. The van der Waals surface area contributed by atoms with Crippen LogP contribution in [0.5, 0.6) is 0 Å². The van der Waals surface area contributed by atoms with Crippen LogP contribution in [0.1, 0.15) is 31.4 Å². The number of hydrogen-bond donors (Lipinski definition) is 1. The van der Waals surface area contributed by atoms with E-state index in [0.717, 1.165) is 18.8 Å². The van der Waals surface area contributed by atoms with Gasteiger partial charge in [-0.1, -0.05) is 11.6 Å². The summed E-state index contributed by atoms with van der Waals surface area (Å²) in [5.74, 6) is 0. The third kappa shape index (κ3) is 6.02. The average molecular weight is 247 g/mol. The first-order chi connectivity index (χ1) is 7.20. The highest BCUT2D eigenvalue weighted by molar-refractivity contribution is 6.29. The van der Waals surface area contributed by atoms with E-state index < -0.39 is 0 Å². The molecule has 0 amide bonds. The molecule has 0 spiro atoms. The number of aromatic nitrogens is 1. The summed E-state index contributed by atoms with van der Waals surface area (Å²) in [5.41, 5.74) is 6.61. The number of nitrogens with zero attached hydrogens (tertiary/aromatic N) is 1. The van der Waals surface area contributed by atoms with E-state index in [0.29, 0.717) is 5.15 Å². The van der Waals surface area contributed by atoms with Gasteiger partial charge in [0.1, 0.15) is 5.15 Å². The summed E-state index contributed by atoms with van der Waals surface area (Å²) >= 11 is 5.62. The molecule has 1 atom stereocenters. The molecule has 0 saturated carbocycles. The molecule has 0 radical (unpaired) electrons. The Morgan fingerprint density at radius 2 is 2.06 bits per heavy atom. The molecule has 1 aromatic rings. The highest BCUT2D eigenvalue weighted by Gasteiger charge is 1.98. The minimum atomic E-state index is 0. The first kappa shape index (κ1) is 15.3. The lowest BCUT2D eigenvalue weighted by Gasteiger charge is -2.03. The van der Waals surface area contributed by atoms with Crippen molar-refractivity contribution in [1.29, 1.82) is 0 Å². The van der Waals surface area contributed by atoms with E-state index in [1.807, 2.05) is 13.0 Å². The van der Waals surface area contributed by atoms with E-state index in [-0.39, 0.29) is 11.5 Å². The predicted octanol–water partition coefficient (Wildman–Crippen LogP) is 1.73. The van der Waals surface area contributed by atoms with Gasteiger partial charge in [-0.2, -0.15) is 0 Å². The van der Waals surface area contributed by atoms with Gasteiger partial charge in [-0.15, -0.1) is 0 Å². The number of halogens is 1. The molecule has 2 heterocycles. The van der Waals surface area contributed by atoms with Crippen molar-refractivity contribution in [3.05, 3.63) is 29.0 Å². The maximum absolute atomic E-state index is 5.62. The van der Waals surface area contributed by atoms with Gasteiger partial charge in [0, 0.05) is 25.5 Å². The first-order valence-corrected chi connectivity index (χ1v) is 5.52. The fraction of sp³-hybridized carbons (Fsp3) is 0.545. The van der Waals surface area contributed by atoms with Crippen LogP contribution in [-0.2, 0) is 4.74 Å². The summed E-state index contributed by atoms with van der Waals surface area (Å²) in [5, 5.41) is 0.495. The van der Waals surface area contributed by atoms with Crippen molar-refractivity contribution in [3.63, 3.8) is 0 Å². The van der Waals surface area contributed by atoms with Crippen LogP contribution in [0.3, 0.4) is 0 Å². The van der Waals surface area contributed by atoms with Crippen molar-refractivity contribution < 1.29 is 10.2 Å². The zero-order valence-corrected chi connectivity index (χ0v) is 10.2. The first-order valence-electron chi connectivity index (χ1n) is 5.15. The van der Waals surface area contributed by atoms with E-state index in [9.17, 15) is 0 Å². The third-order valence-electron chi connectivity index (χ3n) is 2.10. The maximum atomic E-state index is 5.62. The Morgan fingerprint density at radius 1 is 1.44 bits per heavy atom. The number of rotatable bonds is 1. The lowest BCUT2D eigenvalue weighted by atomic mass is 10.1. The average Bonchev–Trinajstić information content (AvgIpc) is 2.75. The standard InChI is InChI=1S/C7H9ClN2.C4H8O.H2O/c1-5(9)6-2-3-10-7(8)4-6;1-2-4-5-3-1;/h2-5H,9H2,1H3;1-4H2;1H2/t5-;;/m0../s1. The van der Waals surface area contributed by atoms with Gasteiger partial charge in [-0.3, -0.25) is 0 Å². The zero-order valence-electron chi connectivity index (χ0n) is 9.45. The minimum absolute atomic E-state index is 0. The number of nitrogens with two attached hydrogens (primary N) is 1. The largest absolute Gasteiger partial charge is 0.412 e. The third-order valence-corrected chi connectivity index (χ3v) is 2.31. The summed E-state index contributed by atoms with van der Waals surface area (Å²) in [4.78, 5) is 3.83. The van der Waals surface area contributed by atoms with Gasteiger partial charge in [0.15, 0.2) is 0 Å². The molecule has 0 unspecified atom stereocenters. The molecule has 4 nitrogen and oxygen atoms in total. The Balaban J connectivity index is 0.000000318. The molecule has 0 aromatic carbocycles. The molecule has 0 bridgehead atoms. The fourth-order valence-electron chi connectivity index (χ4n) is 1.21. The molecular formula is C11H19ClN2O2. The van der Waals surface area contributed by atoms with E-state index in [1.165, 1.54) is 12.8 Å². The summed E-state index contributed by atoms with van der Waals surface area (Å²) in [6.07, 6.45) is 4.21. The normalized spacial score (nSPS) is 15.7. The summed E-state index contributed by atoms with van der Waals surface area (Å²) in [6, 6.07) is 3.66. The predicted molar refractivity (Wildman–Crippen MR) is 65.5 cm³/mol. The molecule has 16 heavy (non-hydrogen) atoms. The zero-order chi connectivity index (χ0) is 11.1. The number of pyridine rings is 1. The molecule has 5 heteroatoms. The molecule has 1 aromatic heterocycles. The van der Waals surface area contributed by atoms with Gasteiger partial charge in [0.2, 0.25) is 0 Å². The van der Waals surface area contributed by atoms with Gasteiger partial charge in [0.05, 0.1) is 0 Å². The molecule has 4 N–H and O–H groups in total. The van der Waals surface area contributed by atoms with Crippen LogP contribution in [0.15, 0.2) is 18.3 Å². The van der Waals surface area contributed by atoms with E-state index in [1.54, 1.807) is 12.3 Å². The molecule has 1 aliphatic rings. The Labute approximate surface area is 101 Å². The van der Waals surface area contributed by atoms with Crippen LogP contribution >= 0.6 is 11.6 Å². The molecular weight excluding hydrogens is 228 g/mol. The second-order valence-electron chi connectivity index (χ2n) is 3.52. The minimum Gasteiger partial charge on any atom is -0.412 e. The monoisotopic (exact) mass is 246 g/mol. The van der Waals surface area contributed by atoms with Crippen molar-refractivity contribution >= 4 is 11.6 Å². The lowest BCUT2D eigenvalue weighted by molar-refractivity contribution is 0.198. The van der Waals surface area contributed by atoms with Crippen LogP contribution in [0.25, 0.3) is 0 Å². The van der Waals surface area contributed by atoms with Crippen LogP contribution in [-0.4, -0.2) is 23.7 Å². The SMILES string of the molecule is C1CCOC1.C[C@H](N)c1ccnc(Cl)c1.O. The van der Waals surface area contributed by atoms with Gasteiger partial charge in [-0.05, 0) is 37.5 Å². The molecule has 1 aliphatic heterocycles. The van der Waals surface area contributed by atoms with Crippen LogP contribution in [0, 0.1) is 0 Å². The summed E-state index contributed by atoms with van der Waals surface area (Å²) < 4.78 is 4.94. The van der Waals surface area contributed by atoms with Crippen LogP contribution in [0.4, 0.5) is 0 Å². The Morgan fingerprint density at radius 3 is 2.38 bits per heavy atom. The van der Waals surface area contributed by atoms with Crippen molar-refractivity contribution in [2.75, 3.05) is 13.2 Å². The maximum Gasteiger partial charge on any atom is 0.129 e. The van der Waals surface area contributed by atoms with E-state index >= 15 is 0 Å². The Hall–Kier alpha value is -0.680. The second-order valence-corrected chi connectivity index (χ2v) is 3.91. The molecule has 0 aliphatic carbocycles. The van der Waals surface area contributed by atoms with E-state index in [4.69, 9.17) is 22.1 Å². The molecule has 92 valence electrons. The molecule has 1 fully saturated rings. The summed E-state index contributed by atoms with van der Waals surface area (Å²) in [7, 11) is 0. The van der Waals surface area contributed by atoms with E-state index in [2.05, 4.69) is 4.98 Å². The van der Waals surface area contributed by atoms with Gasteiger partial charge in [-0.25, -0.2) is 4.98 Å². The van der Waals surface area contributed by atoms with Gasteiger partial charge in [0.25, 0.3) is 0 Å². The lowest BCUT2D eigenvalue weighted by Crippen LogP contribution is -2.04. The van der Waals surface area contributed by atoms with Crippen molar-refractivity contribution in [2.24, 2.45) is 5.73 Å². The summed E-state index contributed by atoms with van der Waals surface area (Å²) in [6.45, 7) is 3.91. The second kappa shape index (κ2) is 8.47. The fourth-order valence-corrected chi connectivity index (χ4v) is 1.39. The van der Waals surface area contributed by atoms with Crippen molar-refractivity contribution in [3.8, 4) is 0 Å². The van der Waals surface area contributed by atoms with Crippen molar-refractivity contribution in [2.45, 2.75) is 25.8 Å². The number of ether oxygens (including phenoxy) is 1. The Bertz CT molecular complexity index is 283. The topological polar surface area (TPSA) is 79.6 Å². The molecule has 2 rings (SSSR count). The van der Waals surface area contributed by atoms with Crippen molar-refractivity contribution in [1.82, 2.24) is 4.98 Å². The highest BCUT2D eigenvalue weighted by atomic mass is 35.5. The van der Waals surface area contributed by atoms with Gasteiger partial charge >= 0.3 is 0 Å². The quantitative estimate of drug-likeness (QED) is 0.767. The Kier molecular flexibility index (Phi) is 8.11. The van der Waals surface area contributed by atoms with Crippen LogP contribution in [0.2, 0.25) is 5.15 Å². The van der Waals surface area contributed by atoms with Gasteiger partial charge < -0.3 is 15.9 Å².